The molecule has 2 heterocycles. The van der Waals surface area contributed by atoms with E-state index in [2.05, 4.69) is 20.6 Å². The SMILES string of the molecule is Cc1ncc(NC(=O)c2ccnc(C(=O)NC3CC3)c2)s1. The van der Waals surface area contributed by atoms with Gasteiger partial charge in [-0.25, -0.2) is 4.98 Å². The standard InChI is InChI=1S/C14H14N4O2S/c1-8-16-7-12(21-8)18-13(19)9-4-5-15-11(6-9)14(20)17-10-2-3-10/h4-7,10H,2-3H2,1H3,(H,17,20)(H,18,19). The van der Waals surface area contributed by atoms with Crippen LogP contribution in [0.4, 0.5) is 5.00 Å². The maximum Gasteiger partial charge on any atom is 0.270 e. The summed E-state index contributed by atoms with van der Waals surface area (Å²) in [6, 6.07) is 3.34. The number of aromatic nitrogens is 2. The second-order valence-electron chi connectivity index (χ2n) is 4.88. The quantitative estimate of drug-likeness (QED) is 0.904. The van der Waals surface area contributed by atoms with Gasteiger partial charge in [-0.05, 0) is 31.9 Å². The molecule has 0 atom stereocenters. The highest BCUT2D eigenvalue weighted by atomic mass is 32.1. The summed E-state index contributed by atoms with van der Waals surface area (Å²) < 4.78 is 0. The van der Waals surface area contributed by atoms with E-state index in [0.29, 0.717) is 10.6 Å². The molecule has 7 heteroatoms. The van der Waals surface area contributed by atoms with E-state index in [9.17, 15) is 9.59 Å². The molecule has 0 aromatic carbocycles. The summed E-state index contributed by atoms with van der Waals surface area (Å²) >= 11 is 1.40. The summed E-state index contributed by atoms with van der Waals surface area (Å²) in [6.45, 7) is 1.87. The van der Waals surface area contributed by atoms with Gasteiger partial charge in [0.25, 0.3) is 11.8 Å². The zero-order valence-corrected chi connectivity index (χ0v) is 12.2. The predicted octanol–water partition coefficient (Wildman–Crippen LogP) is 1.99. The van der Waals surface area contributed by atoms with Gasteiger partial charge in [0.05, 0.1) is 11.2 Å². The van der Waals surface area contributed by atoms with Crippen molar-refractivity contribution in [1.29, 1.82) is 0 Å². The first-order chi connectivity index (χ1) is 10.1. The summed E-state index contributed by atoms with van der Waals surface area (Å²) in [6.07, 6.45) is 5.10. The lowest BCUT2D eigenvalue weighted by molar-refractivity contribution is 0.0946. The van der Waals surface area contributed by atoms with Gasteiger partial charge in [-0.1, -0.05) is 0 Å². The molecule has 3 rings (SSSR count). The van der Waals surface area contributed by atoms with Crippen LogP contribution in [0.5, 0.6) is 0 Å². The zero-order chi connectivity index (χ0) is 14.8. The number of aryl methyl sites for hydroxylation is 1. The van der Waals surface area contributed by atoms with Crippen molar-refractivity contribution in [3.63, 3.8) is 0 Å². The molecule has 0 saturated heterocycles. The van der Waals surface area contributed by atoms with Crippen molar-refractivity contribution in [3.05, 3.63) is 40.8 Å². The van der Waals surface area contributed by atoms with Crippen LogP contribution in [0.2, 0.25) is 0 Å². The van der Waals surface area contributed by atoms with Crippen LogP contribution in [-0.4, -0.2) is 27.8 Å². The molecule has 0 aliphatic heterocycles. The average Bonchev–Trinajstić information content (AvgIpc) is 3.20. The first kappa shape index (κ1) is 13.7. The molecule has 1 saturated carbocycles. The second-order valence-corrected chi connectivity index (χ2v) is 6.11. The van der Waals surface area contributed by atoms with E-state index < -0.39 is 0 Å². The van der Waals surface area contributed by atoms with Crippen LogP contribution in [0.1, 0.15) is 38.7 Å². The topological polar surface area (TPSA) is 84.0 Å². The van der Waals surface area contributed by atoms with E-state index in [1.807, 2.05) is 6.92 Å². The fourth-order valence-electron chi connectivity index (χ4n) is 1.79. The molecule has 0 radical (unpaired) electrons. The van der Waals surface area contributed by atoms with E-state index in [4.69, 9.17) is 0 Å². The Morgan fingerprint density at radius 3 is 2.76 bits per heavy atom. The fourth-order valence-corrected chi connectivity index (χ4v) is 2.46. The van der Waals surface area contributed by atoms with E-state index in [0.717, 1.165) is 17.8 Å². The summed E-state index contributed by atoms with van der Waals surface area (Å²) in [7, 11) is 0. The number of pyridine rings is 1. The molecule has 2 aromatic rings. The molecule has 0 spiro atoms. The number of nitrogens with zero attached hydrogens (tertiary/aromatic N) is 2. The van der Waals surface area contributed by atoms with Crippen LogP contribution in [0.25, 0.3) is 0 Å². The van der Waals surface area contributed by atoms with Gasteiger partial charge in [-0.15, -0.1) is 11.3 Å². The third kappa shape index (κ3) is 3.43. The van der Waals surface area contributed by atoms with Crippen LogP contribution in [0.3, 0.4) is 0 Å². The maximum atomic E-state index is 12.1. The number of hydrogen-bond donors (Lipinski definition) is 2. The van der Waals surface area contributed by atoms with Gasteiger partial charge in [-0.3, -0.25) is 14.6 Å². The van der Waals surface area contributed by atoms with Crippen molar-refractivity contribution in [2.75, 3.05) is 5.32 Å². The Balaban J connectivity index is 1.72. The lowest BCUT2D eigenvalue weighted by Crippen LogP contribution is -2.26. The van der Waals surface area contributed by atoms with Crippen molar-refractivity contribution in [1.82, 2.24) is 15.3 Å². The molecular weight excluding hydrogens is 288 g/mol. The number of carbonyl (C=O) groups excluding carboxylic acids is 2. The third-order valence-electron chi connectivity index (χ3n) is 3.03. The molecule has 0 unspecified atom stereocenters. The Kier molecular flexibility index (Phi) is 3.66. The number of anilines is 1. The van der Waals surface area contributed by atoms with Gasteiger partial charge in [0, 0.05) is 17.8 Å². The lowest BCUT2D eigenvalue weighted by Gasteiger charge is -2.05. The summed E-state index contributed by atoms with van der Waals surface area (Å²) in [4.78, 5) is 32.1. The van der Waals surface area contributed by atoms with E-state index in [1.54, 1.807) is 12.3 Å². The van der Waals surface area contributed by atoms with Gasteiger partial charge in [0.15, 0.2) is 0 Å². The monoisotopic (exact) mass is 302 g/mol. The molecule has 2 amide bonds. The normalized spacial score (nSPS) is 13.8. The number of thiazole rings is 1. The largest absolute Gasteiger partial charge is 0.348 e. The number of carbonyl (C=O) groups is 2. The van der Waals surface area contributed by atoms with Crippen LogP contribution in [0.15, 0.2) is 24.5 Å². The smallest absolute Gasteiger partial charge is 0.270 e. The maximum absolute atomic E-state index is 12.1. The van der Waals surface area contributed by atoms with E-state index in [1.165, 1.54) is 23.6 Å². The molecule has 1 aliphatic rings. The van der Waals surface area contributed by atoms with Crippen molar-refractivity contribution >= 4 is 28.2 Å². The predicted molar refractivity (Wildman–Crippen MR) is 79.5 cm³/mol. The highest BCUT2D eigenvalue weighted by Crippen LogP contribution is 2.20. The third-order valence-corrected chi connectivity index (χ3v) is 3.85. The Bertz CT molecular complexity index is 694. The minimum atomic E-state index is -0.276. The van der Waals surface area contributed by atoms with Gasteiger partial charge in [-0.2, -0.15) is 0 Å². The molecule has 108 valence electrons. The fraction of sp³-hybridized carbons (Fsp3) is 0.286. The van der Waals surface area contributed by atoms with Gasteiger partial charge < -0.3 is 10.6 Å². The molecule has 21 heavy (non-hydrogen) atoms. The number of amides is 2. The summed E-state index contributed by atoms with van der Waals surface area (Å²) in [5.74, 6) is -0.512. The molecular formula is C14H14N4O2S. The molecule has 2 aromatic heterocycles. The van der Waals surface area contributed by atoms with Crippen LogP contribution in [-0.2, 0) is 0 Å². The number of nitrogens with one attached hydrogen (secondary N) is 2. The van der Waals surface area contributed by atoms with Crippen LogP contribution < -0.4 is 10.6 Å². The van der Waals surface area contributed by atoms with Crippen molar-refractivity contribution in [2.45, 2.75) is 25.8 Å². The minimum absolute atomic E-state index is 0.235. The number of rotatable bonds is 4. The Labute approximate surface area is 125 Å². The van der Waals surface area contributed by atoms with Crippen molar-refractivity contribution < 1.29 is 9.59 Å². The van der Waals surface area contributed by atoms with Crippen LogP contribution in [0, 0.1) is 6.92 Å². The van der Waals surface area contributed by atoms with Crippen molar-refractivity contribution in [2.24, 2.45) is 0 Å². The highest BCUT2D eigenvalue weighted by Gasteiger charge is 2.24. The second kappa shape index (κ2) is 5.61. The zero-order valence-electron chi connectivity index (χ0n) is 11.4. The van der Waals surface area contributed by atoms with Crippen molar-refractivity contribution in [3.8, 4) is 0 Å². The first-order valence-corrected chi connectivity index (χ1v) is 7.44. The Morgan fingerprint density at radius 2 is 2.10 bits per heavy atom. The van der Waals surface area contributed by atoms with E-state index in [-0.39, 0.29) is 23.6 Å². The summed E-state index contributed by atoms with van der Waals surface area (Å²) in [5, 5.41) is 7.16. The Hall–Kier alpha value is -2.28. The first-order valence-electron chi connectivity index (χ1n) is 6.62. The Morgan fingerprint density at radius 1 is 1.29 bits per heavy atom. The molecule has 0 bridgehead atoms. The van der Waals surface area contributed by atoms with Crippen LogP contribution >= 0.6 is 11.3 Å². The molecule has 2 N–H and O–H groups in total. The molecule has 1 aliphatic carbocycles. The van der Waals surface area contributed by atoms with Gasteiger partial charge in [0.1, 0.15) is 10.7 Å². The highest BCUT2D eigenvalue weighted by molar-refractivity contribution is 7.15. The molecule has 6 nitrogen and oxygen atoms in total. The number of hydrogen-bond acceptors (Lipinski definition) is 5. The summed E-state index contributed by atoms with van der Waals surface area (Å²) in [5.41, 5.74) is 0.659. The molecule has 1 fully saturated rings. The van der Waals surface area contributed by atoms with E-state index >= 15 is 0 Å². The average molecular weight is 302 g/mol. The van der Waals surface area contributed by atoms with Gasteiger partial charge >= 0.3 is 0 Å². The lowest BCUT2D eigenvalue weighted by atomic mass is 10.2. The van der Waals surface area contributed by atoms with Gasteiger partial charge in [0.2, 0.25) is 0 Å². The minimum Gasteiger partial charge on any atom is -0.348 e.